The Hall–Kier alpha value is -2.54. The molecule has 1 saturated heterocycles. The number of likely N-dealkylation sites (tertiary alicyclic amines) is 1. The van der Waals surface area contributed by atoms with Crippen LogP contribution in [-0.2, 0) is 11.2 Å². The number of nitrogens with zero attached hydrogens (tertiary/aromatic N) is 3. The van der Waals surface area contributed by atoms with E-state index in [9.17, 15) is 9.59 Å². The van der Waals surface area contributed by atoms with Crippen LogP contribution in [0.3, 0.4) is 0 Å². The minimum absolute atomic E-state index is 0.0622. The van der Waals surface area contributed by atoms with E-state index >= 15 is 0 Å². The minimum atomic E-state index is -0.198. The van der Waals surface area contributed by atoms with Crippen molar-refractivity contribution in [1.82, 2.24) is 19.9 Å². The van der Waals surface area contributed by atoms with Crippen LogP contribution in [0.1, 0.15) is 37.4 Å². The maximum atomic E-state index is 12.7. The summed E-state index contributed by atoms with van der Waals surface area (Å²) < 4.78 is 0. The number of H-pyrrole nitrogens is 1. The summed E-state index contributed by atoms with van der Waals surface area (Å²) in [6.45, 7) is 5.18. The molecule has 3 N–H and O–H groups in total. The van der Waals surface area contributed by atoms with Gasteiger partial charge in [0.25, 0.3) is 5.56 Å². The van der Waals surface area contributed by atoms with Crippen molar-refractivity contribution in [2.75, 3.05) is 13.1 Å². The molecule has 0 unspecified atom stereocenters. The molecule has 0 aromatic carbocycles. The zero-order valence-corrected chi connectivity index (χ0v) is 15.9. The predicted octanol–water partition coefficient (Wildman–Crippen LogP) is 1.66. The van der Waals surface area contributed by atoms with Crippen molar-refractivity contribution in [3.8, 4) is 11.4 Å². The summed E-state index contributed by atoms with van der Waals surface area (Å²) in [7, 11) is 0. The van der Waals surface area contributed by atoms with Crippen LogP contribution in [0.15, 0.2) is 29.3 Å². The number of hydrogen-bond acceptors (Lipinski definition) is 5. The monoisotopic (exact) mass is 369 g/mol. The van der Waals surface area contributed by atoms with E-state index in [1.807, 2.05) is 11.0 Å². The Morgan fingerprint density at radius 1 is 1.44 bits per heavy atom. The van der Waals surface area contributed by atoms with Crippen LogP contribution in [0.4, 0.5) is 0 Å². The second-order valence-corrected chi connectivity index (χ2v) is 7.23. The number of nitrogens with two attached hydrogens (primary N) is 1. The van der Waals surface area contributed by atoms with E-state index in [-0.39, 0.29) is 17.5 Å². The summed E-state index contributed by atoms with van der Waals surface area (Å²) in [4.78, 5) is 38.5. The fourth-order valence-electron chi connectivity index (χ4n) is 3.84. The third kappa shape index (κ3) is 4.24. The molecule has 0 aliphatic carbocycles. The molecule has 144 valence electrons. The van der Waals surface area contributed by atoms with Crippen LogP contribution in [0.25, 0.3) is 11.4 Å². The molecule has 2 aromatic rings. The molecule has 7 nitrogen and oxygen atoms in total. The van der Waals surface area contributed by atoms with Crippen LogP contribution in [0.2, 0.25) is 0 Å². The number of aromatic nitrogens is 3. The Morgan fingerprint density at radius 2 is 2.26 bits per heavy atom. The van der Waals surface area contributed by atoms with Gasteiger partial charge in [-0.15, -0.1) is 0 Å². The van der Waals surface area contributed by atoms with Crippen LogP contribution in [0.5, 0.6) is 0 Å². The van der Waals surface area contributed by atoms with Gasteiger partial charge in [-0.05, 0) is 44.2 Å². The Labute approximate surface area is 159 Å². The lowest BCUT2D eigenvalue weighted by atomic mass is 9.90. The Balaban J connectivity index is 1.73. The number of nitrogens with one attached hydrogen (secondary N) is 1. The van der Waals surface area contributed by atoms with Crippen molar-refractivity contribution >= 4 is 5.91 Å². The summed E-state index contributed by atoms with van der Waals surface area (Å²) >= 11 is 0. The molecular formula is C20H27N5O2. The molecule has 3 heterocycles. The van der Waals surface area contributed by atoms with Gasteiger partial charge in [0.2, 0.25) is 5.91 Å². The van der Waals surface area contributed by atoms with Crippen molar-refractivity contribution in [3.63, 3.8) is 0 Å². The number of aromatic amines is 1. The zero-order valence-electron chi connectivity index (χ0n) is 15.9. The maximum Gasteiger partial charge on any atom is 0.254 e. The van der Waals surface area contributed by atoms with Crippen LogP contribution < -0.4 is 11.3 Å². The van der Waals surface area contributed by atoms with Gasteiger partial charge >= 0.3 is 0 Å². The number of amides is 1. The predicted molar refractivity (Wildman–Crippen MR) is 104 cm³/mol. The van der Waals surface area contributed by atoms with Crippen molar-refractivity contribution in [1.29, 1.82) is 0 Å². The molecule has 0 spiro atoms. The second-order valence-electron chi connectivity index (χ2n) is 7.23. The average Bonchev–Trinajstić information content (AvgIpc) is 2.67. The number of rotatable bonds is 5. The second kappa shape index (κ2) is 8.43. The minimum Gasteiger partial charge on any atom is -0.338 e. The Kier molecular flexibility index (Phi) is 6.01. The summed E-state index contributed by atoms with van der Waals surface area (Å²) in [5.41, 5.74) is 7.65. The number of carbonyl (C=O) groups excluding carboxylic acids is 1. The molecule has 2 aromatic heterocycles. The quantitative estimate of drug-likeness (QED) is 0.834. The Morgan fingerprint density at radius 3 is 2.93 bits per heavy atom. The molecule has 0 radical (unpaired) electrons. The number of piperidine rings is 1. The summed E-state index contributed by atoms with van der Waals surface area (Å²) in [6, 6.07) is 3.74. The van der Waals surface area contributed by atoms with Crippen LogP contribution in [0, 0.1) is 12.8 Å². The first-order chi connectivity index (χ1) is 13.0. The smallest absolute Gasteiger partial charge is 0.254 e. The van der Waals surface area contributed by atoms with E-state index in [1.165, 1.54) is 0 Å². The SMILES string of the molecule is Cc1nc(-c2cccnc2)[nH]c(=O)c1CCC(=O)N1CCC[C@@H](C)[C@@H]1CN. The van der Waals surface area contributed by atoms with E-state index in [1.54, 1.807) is 25.4 Å². The highest BCUT2D eigenvalue weighted by molar-refractivity contribution is 5.77. The molecule has 7 heteroatoms. The fourth-order valence-corrected chi connectivity index (χ4v) is 3.84. The van der Waals surface area contributed by atoms with Crippen LogP contribution >= 0.6 is 0 Å². The van der Waals surface area contributed by atoms with Crippen LogP contribution in [-0.4, -0.2) is 44.9 Å². The third-order valence-corrected chi connectivity index (χ3v) is 5.42. The van der Waals surface area contributed by atoms with E-state index in [2.05, 4.69) is 21.9 Å². The van der Waals surface area contributed by atoms with Crippen molar-refractivity contribution in [2.24, 2.45) is 11.7 Å². The van der Waals surface area contributed by atoms with Gasteiger partial charge in [0, 0.05) is 54.8 Å². The molecule has 3 rings (SSSR count). The van der Waals surface area contributed by atoms with E-state index < -0.39 is 0 Å². The Bertz CT molecular complexity index is 849. The van der Waals surface area contributed by atoms with Crippen molar-refractivity contribution in [2.45, 2.75) is 45.6 Å². The van der Waals surface area contributed by atoms with Gasteiger partial charge in [0.15, 0.2) is 0 Å². The molecule has 1 aliphatic rings. The summed E-state index contributed by atoms with van der Waals surface area (Å²) in [5, 5.41) is 0. The van der Waals surface area contributed by atoms with Gasteiger partial charge in [-0.25, -0.2) is 4.98 Å². The van der Waals surface area contributed by atoms with Crippen molar-refractivity contribution in [3.05, 3.63) is 46.1 Å². The lowest BCUT2D eigenvalue weighted by Crippen LogP contribution is -2.51. The summed E-state index contributed by atoms with van der Waals surface area (Å²) in [6.07, 6.45) is 6.11. The van der Waals surface area contributed by atoms with Crippen molar-refractivity contribution < 1.29 is 4.79 Å². The first kappa shape index (κ1) is 19.2. The maximum absolute atomic E-state index is 12.7. The number of pyridine rings is 1. The molecule has 27 heavy (non-hydrogen) atoms. The van der Waals surface area contributed by atoms with Gasteiger partial charge in [0.05, 0.1) is 0 Å². The highest BCUT2D eigenvalue weighted by Crippen LogP contribution is 2.23. The largest absolute Gasteiger partial charge is 0.338 e. The molecule has 1 amide bonds. The molecule has 2 atom stereocenters. The first-order valence-corrected chi connectivity index (χ1v) is 9.51. The van der Waals surface area contributed by atoms with Gasteiger partial charge in [-0.3, -0.25) is 14.6 Å². The highest BCUT2D eigenvalue weighted by atomic mass is 16.2. The number of aryl methyl sites for hydroxylation is 1. The summed E-state index contributed by atoms with van der Waals surface area (Å²) in [5.74, 6) is 0.971. The van der Waals surface area contributed by atoms with E-state index in [0.717, 1.165) is 24.9 Å². The average molecular weight is 369 g/mol. The standard InChI is InChI=1S/C20H27N5O2/c1-13-5-4-10-25(17(13)11-21)18(26)8-7-16-14(2)23-19(24-20(16)27)15-6-3-9-22-12-15/h3,6,9,12-13,17H,4-5,7-8,10-11,21H2,1-2H3,(H,23,24,27)/t13-,17+/m1/s1. The number of hydrogen-bond donors (Lipinski definition) is 2. The first-order valence-electron chi connectivity index (χ1n) is 9.51. The zero-order chi connectivity index (χ0) is 19.4. The van der Waals surface area contributed by atoms with Gasteiger partial charge in [-0.1, -0.05) is 6.92 Å². The van der Waals surface area contributed by atoms with E-state index in [0.29, 0.717) is 42.4 Å². The van der Waals surface area contributed by atoms with E-state index in [4.69, 9.17) is 5.73 Å². The third-order valence-electron chi connectivity index (χ3n) is 5.42. The topological polar surface area (TPSA) is 105 Å². The fraction of sp³-hybridized carbons (Fsp3) is 0.500. The molecule has 0 saturated carbocycles. The van der Waals surface area contributed by atoms with Gasteiger partial charge in [-0.2, -0.15) is 0 Å². The normalized spacial score (nSPS) is 19.9. The van der Waals surface area contributed by atoms with Gasteiger partial charge in [0.1, 0.15) is 5.82 Å². The molecular weight excluding hydrogens is 342 g/mol. The lowest BCUT2D eigenvalue weighted by Gasteiger charge is -2.39. The molecule has 1 aliphatic heterocycles. The number of carbonyl (C=O) groups is 1. The van der Waals surface area contributed by atoms with Gasteiger partial charge < -0.3 is 15.6 Å². The molecule has 1 fully saturated rings. The lowest BCUT2D eigenvalue weighted by molar-refractivity contribution is -0.136. The highest BCUT2D eigenvalue weighted by Gasteiger charge is 2.30. The molecule has 0 bridgehead atoms.